The van der Waals surface area contributed by atoms with E-state index in [9.17, 15) is 9.59 Å². The van der Waals surface area contributed by atoms with E-state index in [1.54, 1.807) is 18.2 Å². The summed E-state index contributed by atoms with van der Waals surface area (Å²) in [6.45, 7) is 4.25. The molecular formula is C18H23NO5. The third-order valence-electron chi connectivity index (χ3n) is 5.00. The SMILES string of the molecule is C[C@@H]1[C@H](C)CCC[C@H]1NC(=O)COC(=O)c1ccc2c(c1)OCO2. The van der Waals surface area contributed by atoms with E-state index in [0.29, 0.717) is 28.9 Å². The Morgan fingerprint density at radius 2 is 2.00 bits per heavy atom. The molecule has 0 spiro atoms. The summed E-state index contributed by atoms with van der Waals surface area (Å²) in [4.78, 5) is 24.1. The Morgan fingerprint density at radius 1 is 1.21 bits per heavy atom. The Hall–Kier alpha value is -2.24. The molecule has 0 unspecified atom stereocenters. The molecule has 6 nitrogen and oxygen atoms in total. The molecule has 1 aromatic rings. The lowest BCUT2D eigenvalue weighted by molar-refractivity contribution is -0.125. The molecule has 1 aliphatic heterocycles. The van der Waals surface area contributed by atoms with Gasteiger partial charge in [0.2, 0.25) is 6.79 Å². The summed E-state index contributed by atoms with van der Waals surface area (Å²) in [6, 6.07) is 4.97. The van der Waals surface area contributed by atoms with Crippen molar-refractivity contribution in [2.75, 3.05) is 13.4 Å². The van der Waals surface area contributed by atoms with Gasteiger partial charge in [0.05, 0.1) is 5.56 Å². The van der Waals surface area contributed by atoms with Gasteiger partial charge >= 0.3 is 5.97 Å². The van der Waals surface area contributed by atoms with Gasteiger partial charge in [0, 0.05) is 6.04 Å². The van der Waals surface area contributed by atoms with Crippen molar-refractivity contribution in [2.45, 2.75) is 39.2 Å². The molecule has 1 aliphatic carbocycles. The van der Waals surface area contributed by atoms with Gasteiger partial charge in [-0.25, -0.2) is 4.79 Å². The van der Waals surface area contributed by atoms with Gasteiger partial charge in [-0.3, -0.25) is 4.79 Å². The topological polar surface area (TPSA) is 73.9 Å². The molecule has 0 saturated heterocycles. The van der Waals surface area contributed by atoms with Gasteiger partial charge in [-0.2, -0.15) is 0 Å². The quantitative estimate of drug-likeness (QED) is 0.857. The molecule has 2 aliphatic rings. The largest absolute Gasteiger partial charge is 0.454 e. The van der Waals surface area contributed by atoms with Crippen molar-refractivity contribution < 1.29 is 23.8 Å². The molecule has 3 rings (SSSR count). The lowest BCUT2D eigenvalue weighted by Crippen LogP contribution is -2.45. The number of rotatable bonds is 4. The van der Waals surface area contributed by atoms with Crippen LogP contribution in [0, 0.1) is 11.8 Å². The van der Waals surface area contributed by atoms with Crippen molar-refractivity contribution in [1.29, 1.82) is 0 Å². The summed E-state index contributed by atoms with van der Waals surface area (Å²) in [7, 11) is 0. The predicted octanol–water partition coefficient (Wildman–Crippen LogP) is 2.51. The Labute approximate surface area is 141 Å². The average molecular weight is 333 g/mol. The Kier molecular flexibility index (Phi) is 4.92. The summed E-state index contributed by atoms with van der Waals surface area (Å²) in [5.74, 6) is 1.35. The van der Waals surface area contributed by atoms with Crippen molar-refractivity contribution in [2.24, 2.45) is 11.8 Å². The molecule has 130 valence electrons. The highest BCUT2D eigenvalue weighted by Crippen LogP contribution is 2.32. The number of carbonyl (C=O) groups is 2. The van der Waals surface area contributed by atoms with Crippen molar-refractivity contribution in [3.8, 4) is 11.5 Å². The van der Waals surface area contributed by atoms with Gasteiger partial charge in [-0.15, -0.1) is 0 Å². The molecule has 0 bridgehead atoms. The third kappa shape index (κ3) is 3.63. The first-order valence-corrected chi connectivity index (χ1v) is 8.40. The van der Waals surface area contributed by atoms with Crippen LogP contribution >= 0.6 is 0 Å². The first-order valence-electron chi connectivity index (χ1n) is 8.40. The second-order valence-electron chi connectivity index (χ2n) is 6.59. The highest BCUT2D eigenvalue weighted by molar-refractivity contribution is 5.92. The van der Waals surface area contributed by atoms with Crippen LogP contribution in [0.15, 0.2) is 18.2 Å². The lowest BCUT2D eigenvalue weighted by Gasteiger charge is -2.34. The maximum atomic E-state index is 12.1. The monoisotopic (exact) mass is 333 g/mol. The first kappa shape index (κ1) is 16.6. The minimum absolute atomic E-state index is 0.147. The van der Waals surface area contributed by atoms with Gasteiger partial charge in [0.25, 0.3) is 5.91 Å². The van der Waals surface area contributed by atoms with E-state index >= 15 is 0 Å². The third-order valence-corrected chi connectivity index (χ3v) is 5.00. The zero-order valence-corrected chi connectivity index (χ0v) is 14.0. The van der Waals surface area contributed by atoms with E-state index in [1.165, 1.54) is 6.42 Å². The minimum Gasteiger partial charge on any atom is -0.454 e. The van der Waals surface area contributed by atoms with Crippen molar-refractivity contribution in [3.05, 3.63) is 23.8 Å². The molecule has 24 heavy (non-hydrogen) atoms. The Bertz CT molecular complexity index is 630. The molecule has 1 fully saturated rings. The van der Waals surface area contributed by atoms with Crippen LogP contribution in [-0.2, 0) is 9.53 Å². The van der Waals surface area contributed by atoms with Gasteiger partial charge in [0.1, 0.15) is 0 Å². The molecule has 6 heteroatoms. The number of ether oxygens (including phenoxy) is 3. The van der Waals surface area contributed by atoms with Crippen LogP contribution < -0.4 is 14.8 Å². The molecule has 1 aromatic carbocycles. The van der Waals surface area contributed by atoms with E-state index in [0.717, 1.165) is 12.8 Å². The van der Waals surface area contributed by atoms with Crippen molar-refractivity contribution >= 4 is 11.9 Å². The van der Waals surface area contributed by atoms with Crippen molar-refractivity contribution in [3.63, 3.8) is 0 Å². The van der Waals surface area contributed by atoms with Crippen molar-refractivity contribution in [1.82, 2.24) is 5.32 Å². The van der Waals surface area contributed by atoms with Gasteiger partial charge in [0.15, 0.2) is 18.1 Å². The zero-order valence-electron chi connectivity index (χ0n) is 14.0. The zero-order chi connectivity index (χ0) is 17.1. The van der Waals surface area contributed by atoms with E-state index in [2.05, 4.69) is 19.2 Å². The van der Waals surface area contributed by atoms with Crippen LogP contribution in [0.2, 0.25) is 0 Å². The minimum atomic E-state index is -0.548. The molecule has 3 atom stereocenters. The van der Waals surface area contributed by atoms with Crippen LogP contribution in [-0.4, -0.2) is 31.3 Å². The van der Waals surface area contributed by atoms with Crippen LogP contribution in [0.5, 0.6) is 11.5 Å². The molecule has 1 amide bonds. The number of hydrogen-bond acceptors (Lipinski definition) is 5. The number of esters is 1. The van der Waals surface area contributed by atoms with E-state index in [-0.39, 0.29) is 25.3 Å². The van der Waals surface area contributed by atoms with E-state index in [1.807, 2.05) is 0 Å². The smallest absolute Gasteiger partial charge is 0.338 e. The van der Waals surface area contributed by atoms with E-state index in [4.69, 9.17) is 14.2 Å². The highest BCUT2D eigenvalue weighted by Gasteiger charge is 2.28. The number of carbonyl (C=O) groups excluding carboxylic acids is 2. The first-order chi connectivity index (χ1) is 11.5. The van der Waals surface area contributed by atoms with Gasteiger partial charge in [-0.1, -0.05) is 26.7 Å². The van der Waals surface area contributed by atoms with Crippen LogP contribution in [0.3, 0.4) is 0 Å². The molecule has 0 aromatic heterocycles. The normalized spacial score (nSPS) is 25.2. The number of hydrogen-bond donors (Lipinski definition) is 1. The van der Waals surface area contributed by atoms with Gasteiger partial charge in [-0.05, 0) is 36.5 Å². The fraction of sp³-hybridized carbons (Fsp3) is 0.556. The maximum absolute atomic E-state index is 12.1. The fourth-order valence-electron chi connectivity index (χ4n) is 3.27. The second-order valence-corrected chi connectivity index (χ2v) is 6.59. The maximum Gasteiger partial charge on any atom is 0.338 e. The Morgan fingerprint density at radius 3 is 2.83 bits per heavy atom. The number of fused-ring (bicyclic) bond motifs is 1. The Balaban J connectivity index is 1.50. The molecular weight excluding hydrogens is 310 g/mol. The molecule has 1 N–H and O–H groups in total. The highest BCUT2D eigenvalue weighted by atomic mass is 16.7. The predicted molar refractivity (Wildman–Crippen MR) is 87.0 cm³/mol. The molecule has 1 saturated carbocycles. The summed E-state index contributed by atoms with van der Waals surface area (Å²) < 4.78 is 15.5. The number of nitrogens with one attached hydrogen (secondary N) is 1. The summed E-state index contributed by atoms with van der Waals surface area (Å²) >= 11 is 0. The summed E-state index contributed by atoms with van der Waals surface area (Å²) in [5, 5.41) is 2.99. The number of benzene rings is 1. The number of amides is 1. The lowest BCUT2D eigenvalue weighted by atomic mass is 9.78. The molecule has 0 radical (unpaired) electrons. The fourth-order valence-corrected chi connectivity index (χ4v) is 3.27. The summed E-state index contributed by atoms with van der Waals surface area (Å²) in [6.07, 6.45) is 3.30. The molecule has 1 heterocycles. The van der Waals surface area contributed by atoms with Crippen LogP contribution in [0.1, 0.15) is 43.5 Å². The average Bonchev–Trinajstić information content (AvgIpc) is 3.04. The van der Waals surface area contributed by atoms with Gasteiger partial charge < -0.3 is 19.5 Å². The van der Waals surface area contributed by atoms with Crippen LogP contribution in [0.25, 0.3) is 0 Å². The van der Waals surface area contributed by atoms with E-state index < -0.39 is 5.97 Å². The van der Waals surface area contributed by atoms with Crippen LogP contribution in [0.4, 0.5) is 0 Å². The standard InChI is InChI=1S/C18H23NO5/c1-11-4-3-5-14(12(11)2)19-17(20)9-22-18(21)13-6-7-15-16(8-13)24-10-23-15/h6-8,11-12,14H,3-5,9-10H2,1-2H3,(H,19,20)/t11-,12-,14-/m1/s1. The second kappa shape index (κ2) is 7.11. The summed E-state index contributed by atoms with van der Waals surface area (Å²) in [5.41, 5.74) is 0.340.